The maximum atomic E-state index is 13.1. The number of hydrogen-bond donors (Lipinski definition) is 2. The van der Waals surface area contributed by atoms with Gasteiger partial charge in [-0.2, -0.15) is 5.10 Å². The van der Waals surface area contributed by atoms with Crippen LogP contribution in [0.2, 0.25) is 0 Å². The molecule has 0 saturated carbocycles. The number of nitrogens with zero attached hydrogens (tertiary/aromatic N) is 2. The quantitative estimate of drug-likeness (QED) is 0.884. The van der Waals surface area contributed by atoms with Crippen molar-refractivity contribution in [1.29, 1.82) is 0 Å². The summed E-state index contributed by atoms with van der Waals surface area (Å²) in [5.41, 5.74) is 1.41. The Morgan fingerprint density at radius 2 is 2.00 bits per heavy atom. The Bertz CT molecular complexity index is 740. The lowest BCUT2D eigenvalue weighted by atomic mass is 10.0. The van der Waals surface area contributed by atoms with Crippen LogP contribution in [0.1, 0.15) is 29.9 Å². The van der Waals surface area contributed by atoms with E-state index in [4.69, 9.17) is 5.11 Å². The van der Waals surface area contributed by atoms with Gasteiger partial charge in [0.2, 0.25) is 0 Å². The van der Waals surface area contributed by atoms with Gasteiger partial charge in [-0.1, -0.05) is 13.8 Å². The Labute approximate surface area is 132 Å². The predicted octanol–water partition coefficient (Wildman–Crippen LogP) is 2.16. The van der Waals surface area contributed by atoms with Crippen molar-refractivity contribution < 1.29 is 19.1 Å². The van der Waals surface area contributed by atoms with E-state index in [1.165, 1.54) is 22.9 Å². The Morgan fingerprint density at radius 3 is 2.57 bits per heavy atom. The van der Waals surface area contributed by atoms with Crippen LogP contribution in [0.3, 0.4) is 0 Å². The third-order valence-electron chi connectivity index (χ3n) is 3.45. The fourth-order valence-electron chi connectivity index (χ4n) is 2.18. The minimum absolute atomic E-state index is 0.0978. The highest BCUT2D eigenvalue weighted by Crippen LogP contribution is 2.15. The highest BCUT2D eigenvalue weighted by atomic mass is 19.1. The molecule has 0 bridgehead atoms. The average Bonchev–Trinajstić information content (AvgIpc) is 2.93. The van der Waals surface area contributed by atoms with E-state index in [2.05, 4.69) is 10.4 Å². The Kier molecular flexibility index (Phi) is 4.78. The van der Waals surface area contributed by atoms with Gasteiger partial charge in [0.05, 0.1) is 5.69 Å². The number of halogens is 1. The van der Waals surface area contributed by atoms with Crippen molar-refractivity contribution in [2.24, 2.45) is 5.92 Å². The molecule has 0 radical (unpaired) electrons. The van der Waals surface area contributed by atoms with E-state index in [0.717, 1.165) is 0 Å². The smallest absolute Gasteiger partial charge is 0.326 e. The van der Waals surface area contributed by atoms with E-state index < -0.39 is 17.9 Å². The van der Waals surface area contributed by atoms with Gasteiger partial charge >= 0.3 is 5.97 Å². The van der Waals surface area contributed by atoms with Gasteiger partial charge < -0.3 is 10.4 Å². The van der Waals surface area contributed by atoms with E-state index in [-0.39, 0.29) is 17.4 Å². The van der Waals surface area contributed by atoms with Crippen LogP contribution in [0, 0.1) is 18.7 Å². The number of hydrogen-bond acceptors (Lipinski definition) is 3. The number of carbonyl (C=O) groups is 2. The molecule has 1 amide bonds. The zero-order valence-electron chi connectivity index (χ0n) is 13.1. The van der Waals surface area contributed by atoms with Crippen LogP contribution in [0.15, 0.2) is 30.5 Å². The molecule has 0 aliphatic rings. The molecule has 1 atom stereocenters. The molecule has 0 fully saturated rings. The molecule has 0 saturated heterocycles. The fourth-order valence-corrected chi connectivity index (χ4v) is 2.18. The summed E-state index contributed by atoms with van der Waals surface area (Å²) in [6, 6.07) is 4.74. The van der Waals surface area contributed by atoms with Crippen LogP contribution >= 0.6 is 0 Å². The number of aromatic nitrogens is 2. The van der Waals surface area contributed by atoms with Gasteiger partial charge in [-0.15, -0.1) is 0 Å². The topological polar surface area (TPSA) is 84.2 Å². The van der Waals surface area contributed by atoms with Crippen LogP contribution < -0.4 is 5.32 Å². The first-order valence-electron chi connectivity index (χ1n) is 7.15. The van der Waals surface area contributed by atoms with Crippen molar-refractivity contribution in [2.45, 2.75) is 26.8 Å². The monoisotopic (exact) mass is 319 g/mol. The normalized spacial score (nSPS) is 12.2. The van der Waals surface area contributed by atoms with Crippen molar-refractivity contribution in [1.82, 2.24) is 15.1 Å². The molecule has 1 aromatic heterocycles. The number of rotatable bonds is 5. The lowest BCUT2D eigenvalue weighted by Crippen LogP contribution is -2.44. The first kappa shape index (κ1) is 16.7. The maximum Gasteiger partial charge on any atom is 0.326 e. The second-order valence-electron chi connectivity index (χ2n) is 5.61. The van der Waals surface area contributed by atoms with Crippen LogP contribution in [-0.2, 0) is 4.79 Å². The Morgan fingerprint density at radius 1 is 1.30 bits per heavy atom. The summed E-state index contributed by atoms with van der Waals surface area (Å²) in [5, 5.41) is 15.7. The SMILES string of the molecule is Cc1cc(F)ccc1-n1ccc(C(=O)NC(C(=O)O)C(C)C)n1. The molecule has 1 heterocycles. The lowest BCUT2D eigenvalue weighted by Gasteiger charge is -2.17. The van der Waals surface area contributed by atoms with Crippen molar-refractivity contribution in [2.75, 3.05) is 0 Å². The van der Waals surface area contributed by atoms with Gasteiger partial charge in [0.25, 0.3) is 5.91 Å². The molecule has 23 heavy (non-hydrogen) atoms. The molecule has 2 N–H and O–H groups in total. The zero-order valence-corrected chi connectivity index (χ0v) is 13.1. The minimum atomic E-state index is -1.10. The van der Waals surface area contributed by atoms with Gasteiger partial charge in [-0.25, -0.2) is 13.9 Å². The number of aliphatic carboxylic acids is 1. The van der Waals surface area contributed by atoms with Gasteiger partial charge in [0.1, 0.15) is 11.9 Å². The number of nitrogens with one attached hydrogen (secondary N) is 1. The molecule has 2 rings (SSSR count). The van der Waals surface area contributed by atoms with Gasteiger partial charge in [-0.05, 0) is 42.7 Å². The highest BCUT2D eigenvalue weighted by molar-refractivity contribution is 5.95. The van der Waals surface area contributed by atoms with E-state index >= 15 is 0 Å². The first-order chi connectivity index (χ1) is 10.8. The van der Waals surface area contributed by atoms with Crippen LogP contribution in [-0.4, -0.2) is 32.8 Å². The molecule has 7 heteroatoms. The molecule has 0 spiro atoms. The molecule has 0 aliphatic heterocycles. The van der Waals surface area contributed by atoms with Gasteiger partial charge in [0, 0.05) is 6.20 Å². The molecule has 6 nitrogen and oxygen atoms in total. The summed E-state index contributed by atoms with van der Waals surface area (Å²) < 4.78 is 14.6. The summed E-state index contributed by atoms with van der Waals surface area (Å²) in [6.45, 7) is 5.15. The van der Waals surface area contributed by atoms with Gasteiger partial charge in [-0.3, -0.25) is 4.79 Å². The zero-order chi connectivity index (χ0) is 17.1. The summed E-state index contributed by atoms with van der Waals surface area (Å²) in [7, 11) is 0. The summed E-state index contributed by atoms with van der Waals surface area (Å²) in [4.78, 5) is 23.3. The lowest BCUT2D eigenvalue weighted by molar-refractivity contribution is -0.140. The third kappa shape index (κ3) is 3.74. The molecule has 2 aromatic rings. The van der Waals surface area contributed by atoms with E-state index in [9.17, 15) is 14.0 Å². The largest absolute Gasteiger partial charge is 0.480 e. The molecule has 1 unspecified atom stereocenters. The highest BCUT2D eigenvalue weighted by Gasteiger charge is 2.24. The summed E-state index contributed by atoms with van der Waals surface area (Å²) in [5.74, 6) is -2.26. The second kappa shape index (κ2) is 6.60. The van der Waals surface area contributed by atoms with Crippen molar-refractivity contribution >= 4 is 11.9 Å². The first-order valence-corrected chi connectivity index (χ1v) is 7.15. The van der Waals surface area contributed by atoms with Crippen molar-refractivity contribution in [3.8, 4) is 5.69 Å². The van der Waals surface area contributed by atoms with Gasteiger partial charge in [0.15, 0.2) is 5.69 Å². The fraction of sp³-hybridized carbons (Fsp3) is 0.312. The molecule has 1 aromatic carbocycles. The Balaban J connectivity index is 2.21. The predicted molar refractivity (Wildman–Crippen MR) is 82.0 cm³/mol. The summed E-state index contributed by atoms with van der Waals surface area (Å²) >= 11 is 0. The molecular weight excluding hydrogens is 301 g/mol. The minimum Gasteiger partial charge on any atom is -0.480 e. The number of amides is 1. The molecule has 122 valence electrons. The standard InChI is InChI=1S/C16H18FN3O3/c1-9(2)14(16(22)23)18-15(21)12-6-7-20(19-12)13-5-4-11(17)8-10(13)3/h4-9,14H,1-3H3,(H,18,21)(H,22,23). The number of carbonyl (C=O) groups excluding carboxylic acids is 1. The summed E-state index contributed by atoms with van der Waals surface area (Å²) in [6.07, 6.45) is 1.57. The van der Waals surface area contributed by atoms with Crippen molar-refractivity contribution in [3.05, 3.63) is 47.5 Å². The van der Waals surface area contributed by atoms with Crippen LogP contribution in [0.5, 0.6) is 0 Å². The number of benzene rings is 1. The number of carboxylic acids is 1. The third-order valence-corrected chi connectivity index (χ3v) is 3.45. The van der Waals surface area contributed by atoms with E-state index in [1.54, 1.807) is 33.0 Å². The van der Waals surface area contributed by atoms with E-state index in [1.807, 2.05) is 0 Å². The Hall–Kier alpha value is -2.70. The van der Waals surface area contributed by atoms with Crippen LogP contribution in [0.25, 0.3) is 5.69 Å². The number of carboxylic acid groups (broad SMARTS) is 1. The second-order valence-corrected chi connectivity index (χ2v) is 5.61. The molecule has 0 aliphatic carbocycles. The van der Waals surface area contributed by atoms with E-state index in [0.29, 0.717) is 11.3 Å². The van der Waals surface area contributed by atoms with Crippen LogP contribution in [0.4, 0.5) is 4.39 Å². The average molecular weight is 319 g/mol. The maximum absolute atomic E-state index is 13.1. The molecular formula is C16H18FN3O3. The van der Waals surface area contributed by atoms with Crippen molar-refractivity contribution in [3.63, 3.8) is 0 Å². The number of aryl methyl sites for hydroxylation is 1.